The van der Waals surface area contributed by atoms with Gasteiger partial charge in [-0.15, -0.1) is 0 Å². The number of aliphatic hydroxyl groups is 1. The second-order valence-corrected chi connectivity index (χ2v) is 6.47. The Balaban J connectivity index is 1.75. The first-order chi connectivity index (χ1) is 11.3. The average molecular weight is 331 g/mol. The first kappa shape index (κ1) is 16.5. The Morgan fingerprint density at radius 1 is 1.09 bits per heavy atom. The van der Waals surface area contributed by atoms with Crippen LogP contribution in [-0.2, 0) is 6.54 Å². The first-order valence-electron chi connectivity index (χ1n) is 8.15. The number of aliphatic hydroxyl groups excluding tert-OH is 1. The summed E-state index contributed by atoms with van der Waals surface area (Å²) < 4.78 is 0. The van der Waals surface area contributed by atoms with E-state index in [9.17, 15) is 5.11 Å². The maximum Gasteiger partial charge on any atom is 0.0479 e. The van der Waals surface area contributed by atoms with Crippen LogP contribution in [0.25, 0.3) is 0 Å². The topological polar surface area (TPSA) is 44.3 Å². The molecule has 0 radical (unpaired) electrons. The number of nitrogens with one attached hydrogen (secondary N) is 2. The Bertz CT molecular complexity index is 620. The van der Waals surface area contributed by atoms with Gasteiger partial charge in [-0.2, -0.15) is 0 Å². The van der Waals surface area contributed by atoms with Crippen molar-refractivity contribution in [3.05, 3.63) is 70.7 Å². The van der Waals surface area contributed by atoms with Crippen LogP contribution in [-0.4, -0.2) is 24.3 Å². The average Bonchev–Trinajstić information content (AvgIpc) is 2.98. The quantitative estimate of drug-likeness (QED) is 0.762. The molecular formula is C19H23ClN2O. The highest BCUT2D eigenvalue weighted by molar-refractivity contribution is 6.31. The molecule has 3 unspecified atom stereocenters. The SMILES string of the molecule is OCCC1CNC(c2ccccc2)C1NCc1ccccc1Cl. The van der Waals surface area contributed by atoms with Crippen molar-refractivity contribution < 1.29 is 5.11 Å². The Kier molecular flexibility index (Phi) is 5.68. The third-order valence-corrected chi connectivity index (χ3v) is 4.98. The smallest absolute Gasteiger partial charge is 0.0479 e. The van der Waals surface area contributed by atoms with E-state index in [1.807, 2.05) is 24.3 Å². The number of hydrogen-bond acceptors (Lipinski definition) is 3. The first-order valence-corrected chi connectivity index (χ1v) is 8.53. The minimum absolute atomic E-state index is 0.220. The summed E-state index contributed by atoms with van der Waals surface area (Å²) in [4.78, 5) is 0. The summed E-state index contributed by atoms with van der Waals surface area (Å²) >= 11 is 6.27. The summed E-state index contributed by atoms with van der Waals surface area (Å²) in [6.45, 7) is 1.87. The van der Waals surface area contributed by atoms with Crippen LogP contribution in [0.3, 0.4) is 0 Å². The zero-order valence-corrected chi connectivity index (χ0v) is 13.8. The highest BCUT2D eigenvalue weighted by Crippen LogP contribution is 2.30. The van der Waals surface area contributed by atoms with Crippen molar-refractivity contribution in [2.24, 2.45) is 5.92 Å². The molecule has 122 valence electrons. The van der Waals surface area contributed by atoms with Crippen molar-refractivity contribution in [2.45, 2.75) is 25.0 Å². The van der Waals surface area contributed by atoms with Crippen LogP contribution in [0.4, 0.5) is 0 Å². The maximum atomic E-state index is 9.35. The second kappa shape index (κ2) is 7.93. The molecule has 0 spiro atoms. The summed E-state index contributed by atoms with van der Waals surface area (Å²) in [7, 11) is 0. The number of halogens is 1. The standard InChI is InChI=1S/C19H23ClN2O/c20-17-9-5-4-8-15(17)12-21-19-16(10-11-23)13-22-18(19)14-6-2-1-3-7-14/h1-9,16,18-19,21-23H,10-13H2. The lowest BCUT2D eigenvalue weighted by Gasteiger charge is -2.26. The monoisotopic (exact) mass is 330 g/mol. The van der Waals surface area contributed by atoms with Crippen LogP contribution in [0, 0.1) is 5.92 Å². The fourth-order valence-electron chi connectivity index (χ4n) is 3.39. The molecule has 0 aromatic heterocycles. The summed E-state index contributed by atoms with van der Waals surface area (Å²) in [5.41, 5.74) is 2.39. The van der Waals surface area contributed by atoms with E-state index in [-0.39, 0.29) is 18.7 Å². The van der Waals surface area contributed by atoms with E-state index in [4.69, 9.17) is 11.6 Å². The van der Waals surface area contributed by atoms with Gasteiger partial charge in [0.2, 0.25) is 0 Å². The Labute approximate surface area is 142 Å². The van der Waals surface area contributed by atoms with Gasteiger partial charge in [0, 0.05) is 36.8 Å². The van der Waals surface area contributed by atoms with Crippen LogP contribution < -0.4 is 10.6 Å². The predicted molar refractivity (Wildman–Crippen MR) is 94.5 cm³/mol. The minimum Gasteiger partial charge on any atom is -0.396 e. The van der Waals surface area contributed by atoms with Crippen LogP contribution in [0.15, 0.2) is 54.6 Å². The molecule has 0 amide bonds. The summed E-state index contributed by atoms with van der Waals surface area (Å²) in [5.74, 6) is 0.410. The molecule has 3 atom stereocenters. The number of benzene rings is 2. The van der Waals surface area contributed by atoms with Crippen molar-refractivity contribution in [1.29, 1.82) is 0 Å². The van der Waals surface area contributed by atoms with Crippen LogP contribution >= 0.6 is 11.6 Å². The van der Waals surface area contributed by atoms with E-state index in [2.05, 4.69) is 41.0 Å². The lowest BCUT2D eigenvalue weighted by Crippen LogP contribution is -2.38. The molecule has 0 aliphatic carbocycles. The molecule has 3 N–H and O–H groups in total. The van der Waals surface area contributed by atoms with Gasteiger partial charge in [-0.3, -0.25) is 0 Å². The Morgan fingerprint density at radius 3 is 2.57 bits per heavy atom. The predicted octanol–water partition coefficient (Wildman–Crippen LogP) is 3.14. The molecule has 1 fully saturated rings. The fourth-order valence-corrected chi connectivity index (χ4v) is 3.59. The van der Waals surface area contributed by atoms with E-state index in [1.165, 1.54) is 5.56 Å². The molecular weight excluding hydrogens is 308 g/mol. The molecule has 1 aliphatic rings. The van der Waals surface area contributed by atoms with Crippen molar-refractivity contribution in [3.8, 4) is 0 Å². The molecule has 3 nitrogen and oxygen atoms in total. The van der Waals surface area contributed by atoms with Crippen LogP contribution in [0.2, 0.25) is 5.02 Å². The largest absolute Gasteiger partial charge is 0.396 e. The van der Waals surface area contributed by atoms with Gasteiger partial charge in [-0.25, -0.2) is 0 Å². The van der Waals surface area contributed by atoms with E-state index in [0.717, 1.165) is 30.1 Å². The van der Waals surface area contributed by atoms with Gasteiger partial charge >= 0.3 is 0 Å². The normalized spacial score (nSPS) is 24.0. The van der Waals surface area contributed by atoms with Crippen molar-refractivity contribution in [2.75, 3.05) is 13.2 Å². The third kappa shape index (κ3) is 3.93. The van der Waals surface area contributed by atoms with Gasteiger partial charge in [0.15, 0.2) is 0 Å². The molecule has 1 heterocycles. The zero-order chi connectivity index (χ0) is 16.1. The molecule has 4 heteroatoms. The summed E-state index contributed by atoms with van der Waals surface area (Å²) in [5, 5.41) is 17.4. The van der Waals surface area contributed by atoms with Crippen molar-refractivity contribution >= 4 is 11.6 Å². The third-order valence-electron chi connectivity index (χ3n) is 4.61. The fraction of sp³-hybridized carbons (Fsp3) is 0.368. The zero-order valence-electron chi connectivity index (χ0n) is 13.1. The molecule has 0 bridgehead atoms. The number of rotatable bonds is 6. The van der Waals surface area contributed by atoms with Gasteiger partial charge in [0.25, 0.3) is 0 Å². The minimum atomic E-state index is 0.220. The molecule has 0 saturated carbocycles. The van der Waals surface area contributed by atoms with E-state index in [1.54, 1.807) is 0 Å². The van der Waals surface area contributed by atoms with Crippen molar-refractivity contribution in [3.63, 3.8) is 0 Å². The van der Waals surface area contributed by atoms with E-state index >= 15 is 0 Å². The van der Waals surface area contributed by atoms with Gasteiger partial charge in [0.05, 0.1) is 0 Å². The molecule has 2 aromatic rings. The highest BCUT2D eigenvalue weighted by Gasteiger charge is 2.35. The summed E-state index contributed by atoms with van der Waals surface area (Å²) in [6.07, 6.45) is 0.802. The van der Waals surface area contributed by atoms with Gasteiger partial charge in [0.1, 0.15) is 0 Å². The van der Waals surface area contributed by atoms with E-state index < -0.39 is 0 Å². The number of hydrogen-bond donors (Lipinski definition) is 3. The highest BCUT2D eigenvalue weighted by atomic mass is 35.5. The molecule has 1 saturated heterocycles. The van der Waals surface area contributed by atoms with Crippen LogP contribution in [0.5, 0.6) is 0 Å². The van der Waals surface area contributed by atoms with Gasteiger partial charge in [-0.05, 0) is 29.5 Å². The van der Waals surface area contributed by atoms with Gasteiger partial charge < -0.3 is 15.7 Å². The molecule has 1 aliphatic heterocycles. The summed E-state index contributed by atoms with van der Waals surface area (Å²) in [6, 6.07) is 19.0. The van der Waals surface area contributed by atoms with Crippen molar-refractivity contribution in [1.82, 2.24) is 10.6 Å². The molecule has 3 rings (SSSR count). The molecule has 2 aromatic carbocycles. The maximum absolute atomic E-state index is 9.35. The Morgan fingerprint density at radius 2 is 1.83 bits per heavy atom. The second-order valence-electron chi connectivity index (χ2n) is 6.07. The molecule has 23 heavy (non-hydrogen) atoms. The lowest BCUT2D eigenvalue weighted by atomic mass is 9.91. The van der Waals surface area contributed by atoms with Crippen LogP contribution in [0.1, 0.15) is 23.6 Å². The van der Waals surface area contributed by atoms with E-state index in [0.29, 0.717) is 5.92 Å². The lowest BCUT2D eigenvalue weighted by molar-refractivity contribution is 0.243. The Hall–Kier alpha value is -1.39. The van der Waals surface area contributed by atoms with Gasteiger partial charge in [-0.1, -0.05) is 60.1 Å².